The van der Waals surface area contributed by atoms with Gasteiger partial charge < -0.3 is 9.47 Å². The van der Waals surface area contributed by atoms with Gasteiger partial charge in [0.25, 0.3) is 15.9 Å². The van der Waals surface area contributed by atoms with Crippen molar-refractivity contribution in [1.29, 1.82) is 0 Å². The molecule has 1 atom stereocenters. The van der Waals surface area contributed by atoms with Gasteiger partial charge in [-0.15, -0.1) is 0 Å². The van der Waals surface area contributed by atoms with E-state index >= 15 is 0 Å². The van der Waals surface area contributed by atoms with Crippen LogP contribution >= 0.6 is 0 Å². The molecule has 10 nitrogen and oxygen atoms in total. The second kappa shape index (κ2) is 12.0. The van der Waals surface area contributed by atoms with Gasteiger partial charge in [-0.1, -0.05) is 18.2 Å². The molecule has 1 aliphatic heterocycles. The highest BCUT2D eigenvalue weighted by Crippen LogP contribution is 2.34. The van der Waals surface area contributed by atoms with Crippen molar-refractivity contribution in [3.63, 3.8) is 0 Å². The van der Waals surface area contributed by atoms with Crippen LogP contribution in [-0.2, 0) is 19.6 Å². The number of carbonyl (C=O) groups excluding carboxylic acids is 2. The number of cyclic esters (lactones) is 1. The Bertz CT molecular complexity index is 2160. The topological polar surface area (TPSA) is 128 Å². The van der Waals surface area contributed by atoms with Crippen LogP contribution in [0.5, 0.6) is 5.88 Å². The summed E-state index contributed by atoms with van der Waals surface area (Å²) in [5, 5.41) is 0.765. The Morgan fingerprint density at radius 2 is 1.72 bits per heavy atom. The molecule has 1 aliphatic rings. The molecule has 0 radical (unpaired) electrons. The number of pyridine rings is 2. The van der Waals surface area contributed by atoms with Crippen LogP contribution in [0.2, 0.25) is 0 Å². The quantitative estimate of drug-likeness (QED) is 0.217. The molecule has 3 aromatic carbocycles. The Hall–Kier alpha value is -5.69. The van der Waals surface area contributed by atoms with Crippen molar-refractivity contribution in [2.75, 3.05) is 11.8 Å². The third kappa shape index (κ3) is 5.75. The molecule has 6 rings (SSSR count). The molecule has 0 saturated heterocycles. The van der Waals surface area contributed by atoms with Gasteiger partial charge in [-0.3, -0.25) is 19.4 Å². The zero-order valence-electron chi connectivity index (χ0n) is 24.3. The zero-order valence-corrected chi connectivity index (χ0v) is 25.1. The summed E-state index contributed by atoms with van der Waals surface area (Å²) in [6.07, 6.45) is 5.76. The van der Waals surface area contributed by atoms with E-state index in [1.54, 1.807) is 49.5 Å². The monoisotopic (exact) mass is 642 g/mol. The first-order valence-electron chi connectivity index (χ1n) is 13.8. The van der Waals surface area contributed by atoms with Crippen molar-refractivity contribution >= 4 is 38.5 Å². The van der Waals surface area contributed by atoms with Crippen molar-refractivity contribution in [2.45, 2.75) is 17.9 Å². The summed E-state index contributed by atoms with van der Waals surface area (Å²) in [7, 11) is -3.16. The second-order valence-corrected chi connectivity index (χ2v) is 11.9. The fourth-order valence-corrected chi connectivity index (χ4v) is 6.11. The maximum absolute atomic E-state index is 14.3. The predicted octanol–water partition coefficient (Wildman–Crippen LogP) is 5.91. The average molecular weight is 643 g/mol. The fourth-order valence-electron chi connectivity index (χ4n) is 5.01. The van der Waals surface area contributed by atoms with Gasteiger partial charge in [-0.2, -0.15) is 0 Å². The molecule has 1 N–H and O–H groups in total. The first-order valence-corrected chi connectivity index (χ1v) is 15.3. The molecule has 46 heavy (non-hydrogen) atoms. The van der Waals surface area contributed by atoms with Crippen LogP contribution in [0.25, 0.3) is 33.2 Å². The van der Waals surface area contributed by atoms with Crippen molar-refractivity contribution in [3.05, 3.63) is 115 Å². The zero-order chi connectivity index (χ0) is 32.6. The molecule has 3 heterocycles. The van der Waals surface area contributed by atoms with Crippen LogP contribution in [0.1, 0.15) is 17.3 Å². The van der Waals surface area contributed by atoms with E-state index in [0.29, 0.717) is 28.3 Å². The number of methoxy groups -OCH3 is 1. The molecular formula is C33H24F2N4O6S. The number of nitrogens with one attached hydrogen (secondary N) is 1. The number of anilines is 1. The van der Waals surface area contributed by atoms with Crippen LogP contribution in [-0.4, -0.2) is 48.3 Å². The van der Waals surface area contributed by atoms with Gasteiger partial charge >= 0.3 is 5.97 Å². The number of nitrogens with zero attached hydrogens (tertiary/aromatic N) is 3. The summed E-state index contributed by atoms with van der Waals surface area (Å²) in [6, 6.07) is 17.1. The molecule has 1 amide bonds. The number of fused-ring (bicyclic) bond motifs is 1. The third-order valence-corrected chi connectivity index (χ3v) is 8.79. The smallest absolute Gasteiger partial charge is 0.333 e. The highest BCUT2D eigenvalue weighted by molar-refractivity contribution is 7.92. The van der Waals surface area contributed by atoms with E-state index in [1.807, 2.05) is 12.1 Å². The van der Waals surface area contributed by atoms with Crippen LogP contribution in [0.4, 0.5) is 14.5 Å². The fraction of sp³-hybridized carbons (Fsp3) is 0.0909. The van der Waals surface area contributed by atoms with Gasteiger partial charge in [0.15, 0.2) is 0 Å². The van der Waals surface area contributed by atoms with Crippen LogP contribution < -0.4 is 9.46 Å². The predicted molar refractivity (Wildman–Crippen MR) is 165 cm³/mol. The molecule has 0 spiro atoms. The molecule has 0 unspecified atom stereocenters. The number of hydrogen-bond donors (Lipinski definition) is 1. The largest absolute Gasteiger partial charge is 0.480 e. The van der Waals surface area contributed by atoms with Crippen molar-refractivity contribution in [2.24, 2.45) is 0 Å². The van der Waals surface area contributed by atoms with Crippen LogP contribution in [0.15, 0.2) is 103 Å². The van der Waals surface area contributed by atoms with E-state index in [4.69, 9.17) is 9.47 Å². The Morgan fingerprint density at radius 3 is 2.46 bits per heavy atom. The lowest BCUT2D eigenvalue weighted by Crippen LogP contribution is -2.42. The van der Waals surface area contributed by atoms with E-state index in [-0.39, 0.29) is 17.5 Å². The number of carbonyl (C=O) groups is 2. The van der Waals surface area contributed by atoms with E-state index in [2.05, 4.69) is 14.7 Å². The highest BCUT2D eigenvalue weighted by atomic mass is 32.2. The molecule has 0 saturated carbocycles. The van der Waals surface area contributed by atoms with E-state index in [1.165, 1.54) is 36.7 Å². The summed E-state index contributed by atoms with van der Waals surface area (Å²) in [6.45, 7) is 1.58. The molecule has 5 aromatic rings. The number of benzene rings is 3. The first-order chi connectivity index (χ1) is 22.1. The van der Waals surface area contributed by atoms with E-state index in [9.17, 15) is 26.8 Å². The normalized spacial score (nSPS) is 14.7. The minimum Gasteiger partial charge on any atom is -0.480 e. The molecular weight excluding hydrogens is 618 g/mol. The minimum absolute atomic E-state index is 0.0541. The lowest BCUT2D eigenvalue weighted by molar-refractivity contribution is -0.143. The van der Waals surface area contributed by atoms with Gasteiger partial charge in [0.1, 0.15) is 34.5 Å². The van der Waals surface area contributed by atoms with Gasteiger partial charge in [-0.05, 0) is 72.1 Å². The summed E-state index contributed by atoms with van der Waals surface area (Å²) < 4.78 is 66.1. The number of esters is 1. The Kier molecular flexibility index (Phi) is 7.92. The minimum atomic E-state index is -4.47. The molecule has 232 valence electrons. The molecule has 0 fully saturated rings. The number of ether oxygens (including phenoxy) is 2. The lowest BCUT2D eigenvalue weighted by atomic mass is 9.97. The summed E-state index contributed by atoms with van der Waals surface area (Å²) in [5.74, 6) is -3.09. The average Bonchev–Trinajstić information content (AvgIpc) is 3.05. The number of sulfonamides is 1. The molecule has 0 bridgehead atoms. The maximum atomic E-state index is 14.3. The Labute approximate surface area is 262 Å². The third-order valence-electron chi connectivity index (χ3n) is 7.39. The van der Waals surface area contributed by atoms with Gasteiger partial charge in [-0.25, -0.2) is 27.0 Å². The summed E-state index contributed by atoms with van der Waals surface area (Å²) >= 11 is 0. The number of halogens is 2. The Balaban J connectivity index is 1.34. The number of rotatable bonds is 7. The molecule has 2 aromatic heterocycles. The summed E-state index contributed by atoms with van der Waals surface area (Å²) in [4.78, 5) is 34.2. The van der Waals surface area contributed by atoms with Gasteiger partial charge in [0.2, 0.25) is 5.88 Å². The molecule has 0 aliphatic carbocycles. The first kappa shape index (κ1) is 30.3. The van der Waals surface area contributed by atoms with E-state index in [0.717, 1.165) is 28.6 Å². The highest BCUT2D eigenvalue weighted by Gasteiger charge is 2.29. The number of amides is 1. The second-order valence-electron chi connectivity index (χ2n) is 10.2. The summed E-state index contributed by atoms with van der Waals surface area (Å²) in [5.41, 5.74) is 3.80. The van der Waals surface area contributed by atoms with E-state index < -0.39 is 38.6 Å². The number of aromatic nitrogens is 2. The van der Waals surface area contributed by atoms with Crippen LogP contribution in [0.3, 0.4) is 0 Å². The van der Waals surface area contributed by atoms with Crippen LogP contribution in [0, 0.1) is 11.6 Å². The molecule has 13 heteroatoms. The van der Waals surface area contributed by atoms with Crippen molar-refractivity contribution in [3.8, 4) is 28.1 Å². The standard InChI is InChI=1S/C33H24F2N4O6S/c1-19-33(41)45-14-13-39(19)32(40)21-5-3-20(4-6-21)25-11-12-36-28-9-7-22(15-26(25)28)23-16-29(31(44-2)37-18-23)38-46(42,43)30-10-8-24(34)17-27(30)35/h3-19,38H,1-2H3/t19-/m1/s1. The SMILES string of the molecule is COc1ncc(-c2ccc3nccc(-c4ccc(C(=O)N5C=COC(=O)[C@H]5C)cc4)c3c2)cc1NS(=O)(=O)c1ccc(F)cc1F. The number of hydrogen-bond acceptors (Lipinski definition) is 8. The maximum Gasteiger partial charge on any atom is 0.333 e. The lowest BCUT2D eigenvalue weighted by Gasteiger charge is -2.26. The Morgan fingerprint density at radius 1 is 0.957 bits per heavy atom. The van der Waals surface area contributed by atoms with Gasteiger partial charge in [0.05, 0.1) is 12.6 Å². The van der Waals surface area contributed by atoms with Crippen molar-refractivity contribution < 1.29 is 36.3 Å². The van der Waals surface area contributed by atoms with Crippen molar-refractivity contribution in [1.82, 2.24) is 14.9 Å². The van der Waals surface area contributed by atoms with Gasteiger partial charge in [0, 0.05) is 41.2 Å².